The molecule has 6 nitrogen and oxygen atoms in total. The Kier molecular flexibility index (Phi) is 4.89. The van der Waals surface area contributed by atoms with Crippen LogP contribution in [-0.2, 0) is 10.1 Å². The molecule has 0 atom stereocenters. The maximum Gasteiger partial charge on any atom is 0.295 e. The molecular weight excluding hydrogens is 364 g/mol. The topological polar surface area (TPSA) is 127 Å². The van der Waals surface area contributed by atoms with Crippen molar-refractivity contribution in [2.24, 2.45) is 0 Å². The monoisotopic (exact) mass is 382 g/mol. The van der Waals surface area contributed by atoms with E-state index >= 15 is 0 Å². The SMILES string of the molecule is Nc1c(O)ccc2ccccc12.Nc1ccc(S(=O)(=O)O)c2ccccc12. The predicted molar refractivity (Wildman–Crippen MR) is 108 cm³/mol. The van der Waals surface area contributed by atoms with Crippen LogP contribution in [0.3, 0.4) is 0 Å². The number of benzene rings is 4. The van der Waals surface area contributed by atoms with Gasteiger partial charge in [0.25, 0.3) is 10.1 Å². The van der Waals surface area contributed by atoms with Crippen LogP contribution in [0.15, 0.2) is 77.7 Å². The summed E-state index contributed by atoms with van der Waals surface area (Å²) >= 11 is 0. The average Bonchev–Trinajstić information content (AvgIpc) is 2.65. The molecule has 4 aromatic carbocycles. The number of hydrogen-bond acceptors (Lipinski definition) is 5. The first-order valence-corrected chi connectivity index (χ1v) is 9.44. The number of phenols is 1. The van der Waals surface area contributed by atoms with Gasteiger partial charge in [-0.05, 0) is 23.6 Å². The van der Waals surface area contributed by atoms with Crippen molar-refractivity contribution in [3.05, 3.63) is 72.8 Å². The summed E-state index contributed by atoms with van der Waals surface area (Å²) in [5.74, 6) is 0.147. The van der Waals surface area contributed by atoms with E-state index in [1.807, 2.05) is 30.3 Å². The van der Waals surface area contributed by atoms with Crippen molar-refractivity contribution >= 4 is 43.0 Å². The Morgan fingerprint density at radius 3 is 1.96 bits per heavy atom. The first kappa shape index (κ1) is 18.5. The molecule has 0 saturated carbocycles. The van der Waals surface area contributed by atoms with Crippen LogP contribution in [0.1, 0.15) is 0 Å². The van der Waals surface area contributed by atoms with Gasteiger partial charge in [-0.2, -0.15) is 8.42 Å². The number of anilines is 2. The molecule has 4 rings (SSSR count). The normalized spacial score (nSPS) is 11.1. The van der Waals surface area contributed by atoms with E-state index in [9.17, 15) is 13.5 Å². The number of aromatic hydroxyl groups is 1. The largest absolute Gasteiger partial charge is 0.506 e. The second-order valence-electron chi connectivity index (χ2n) is 5.89. The van der Waals surface area contributed by atoms with Crippen LogP contribution in [0.25, 0.3) is 21.5 Å². The lowest BCUT2D eigenvalue weighted by Crippen LogP contribution is -2.00. The summed E-state index contributed by atoms with van der Waals surface area (Å²) < 4.78 is 31.2. The number of fused-ring (bicyclic) bond motifs is 2. The fourth-order valence-corrected chi connectivity index (χ4v) is 3.50. The van der Waals surface area contributed by atoms with E-state index in [2.05, 4.69) is 0 Å². The highest BCUT2D eigenvalue weighted by Gasteiger charge is 2.14. The van der Waals surface area contributed by atoms with Gasteiger partial charge in [-0.15, -0.1) is 0 Å². The highest BCUT2D eigenvalue weighted by Crippen LogP contribution is 2.29. The quantitative estimate of drug-likeness (QED) is 0.225. The summed E-state index contributed by atoms with van der Waals surface area (Å²) in [5, 5.41) is 12.3. The van der Waals surface area contributed by atoms with Crippen LogP contribution in [0.5, 0.6) is 5.75 Å². The molecule has 4 aromatic rings. The summed E-state index contributed by atoms with van der Waals surface area (Å²) in [5.41, 5.74) is 12.3. The van der Waals surface area contributed by atoms with Crippen molar-refractivity contribution in [1.29, 1.82) is 0 Å². The predicted octanol–water partition coefficient (Wildman–Crippen LogP) is 3.80. The maximum absolute atomic E-state index is 11.1. The van der Waals surface area contributed by atoms with E-state index in [0.717, 1.165) is 10.8 Å². The minimum Gasteiger partial charge on any atom is -0.506 e. The van der Waals surface area contributed by atoms with E-state index in [1.165, 1.54) is 12.1 Å². The third-order valence-corrected chi connectivity index (χ3v) is 5.06. The lowest BCUT2D eigenvalue weighted by atomic mass is 10.1. The summed E-state index contributed by atoms with van der Waals surface area (Å²) in [6, 6.07) is 20.7. The molecule has 0 bridgehead atoms. The van der Waals surface area contributed by atoms with Gasteiger partial charge >= 0.3 is 0 Å². The van der Waals surface area contributed by atoms with Gasteiger partial charge in [-0.1, -0.05) is 54.6 Å². The molecule has 6 N–H and O–H groups in total. The molecule has 0 spiro atoms. The molecule has 0 aliphatic heterocycles. The Labute approximate surface area is 156 Å². The Balaban J connectivity index is 0.000000159. The molecule has 27 heavy (non-hydrogen) atoms. The summed E-state index contributed by atoms with van der Waals surface area (Å²) in [6.45, 7) is 0. The van der Waals surface area contributed by atoms with Crippen molar-refractivity contribution in [3.8, 4) is 5.75 Å². The Morgan fingerprint density at radius 1 is 0.704 bits per heavy atom. The van der Waals surface area contributed by atoms with Crippen molar-refractivity contribution in [2.45, 2.75) is 4.90 Å². The van der Waals surface area contributed by atoms with Gasteiger partial charge in [-0.25, -0.2) is 0 Å². The Bertz CT molecular complexity index is 1240. The summed E-state index contributed by atoms with van der Waals surface area (Å²) in [7, 11) is -4.20. The van der Waals surface area contributed by atoms with Crippen LogP contribution in [0.2, 0.25) is 0 Å². The number of nitrogen functional groups attached to an aromatic ring is 2. The van der Waals surface area contributed by atoms with Gasteiger partial charge in [0.2, 0.25) is 0 Å². The molecule has 0 heterocycles. The molecule has 0 amide bonds. The highest BCUT2D eigenvalue weighted by atomic mass is 32.2. The highest BCUT2D eigenvalue weighted by molar-refractivity contribution is 7.86. The van der Waals surface area contributed by atoms with Gasteiger partial charge in [0, 0.05) is 21.8 Å². The van der Waals surface area contributed by atoms with Crippen LogP contribution in [0, 0.1) is 0 Å². The molecule has 0 radical (unpaired) electrons. The first-order valence-electron chi connectivity index (χ1n) is 8.00. The molecule has 0 aromatic heterocycles. The maximum atomic E-state index is 11.1. The van der Waals surface area contributed by atoms with E-state index in [-0.39, 0.29) is 10.6 Å². The van der Waals surface area contributed by atoms with Crippen LogP contribution in [0.4, 0.5) is 11.4 Å². The van der Waals surface area contributed by atoms with Crippen molar-refractivity contribution in [3.63, 3.8) is 0 Å². The van der Waals surface area contributed by atoms with E-state index < -0.39 is 10.1 Å². The molecule has 0 fully saturated rings. The third-order valence-electron chi connectivity index (χ3n) is 4.14. The number of nitrogens with two attached hydrogens (primary N) is 2. The van der Waals surface area contributed by atoms with Gasteiger partial charge in [0.05, 0.1) is 5.69 Å². The Morgan fingerprint density at radius 2 is 1.30 bits per heavy atom. The van der Waals surface area contributed by atoms with Crippen LogP contribution < -0.4 is 11.5 Å². The smallest absolute Gasteiger partial charge is 0.295 e. The van der Waals surface area contributed by atoms with E-state index in [0.29, 0.717) is 22.1 Å². The van der Waals surface area contributed by atoms with E-state index in [1.54, 1.807) is 30.3 Å². The minimum atomic E-state index is -4.20. The number of hydrogen-bond donors (Lipinski definition) is 4. The lowest BCUT2D eigenvalue weighted by molar-refractivity contribution is 0.478. The fraction of sp³-hybridized carbons (Fsp3) is 0. The summed E-state index contributed by atoms with van der Waals surface area (Å²) in [6.07, 6.45) is 0. The average molecular weight is 382 g/mol. The van der Waals surface area contributed by atoms with Gasteiger partial charge in [-0.3, -0.25) is 4.55 Å². The zero-order valence-corrected chi connectivity index (χ0v) is 15.0. The molecule has 0 aliphatic carbocycles. The standard InChI is InChI=1S/C10H9NO3S.C10H9NO/c11-9-5-6-10(15(12,13)14)8-4-2-1-3-7(8)9;11-10-8-4-2-1-3-7(8)5-6-9(10)12/h1-6H,11H2,(H,12,13,14);1-6,12H,11H2. The third kappa shape index (κ3) is 3.79. The van der Waals surface area contributed by atoms with Gasteiger partial charge in [0.15, 0.2) is 0 Å². The lowest BCUT2D eigenvalue weighted by Gasteiger charge is -2.05. The molecule has 7 heteroatoms. The fourth-order valence-electron chi connectivity index (χ4n) is 2.80. The molecule has 0 aliphatic rings. The zero-order chi connectivity index (χ0) is 19.6. The second-order valence-corrected chi connectivity index (χ2v) is 7.28. The molecule has 0 saturated heterocycles. The van der Waals surface area contributed by atoms with Crippen LogP contribution in [-0.4, -0.2) is 18.1 Å². The van der Waals surface area contributed by atoms with Crippen molar-refractivity contribution in [2.75, 3.05) is 11.5 Å². The first-order chi connectivity index (χ1) is 12.8. The number of rotatable bonds is 1. The minimum absolute atomic E-state index is 0.118. The van der Waals surface area contributed by atoms with Gasteiger partial charge in [0.1, 0.15) is 10.6 Å². The molecule has 0 unspecified atom stereocenters. The summed E-state index contributed by atoms with van der Waals surface area (Å²) in [4.78, 5) is -0.118. The zero-order valence-electron chi connectivity index (χ0n) is 14.2. The van der Waals surface area contributed by atoms with Crippen molar-refractivity contribution < 1.29 is 18.1 Å². The van der Waals surface area contributed by atoms with Crippen molar-refractivity contribution in [1.82, 2.24) is 0 Å². The van der Waals surface area contributed by atoms with E-state index in [4.69, 9.17) is 16.0 Å². The molecule has 138 valence electrons. The van der Waals surface area contributed by atoms with Gasteiger partial charge < -0.3 is 16.6 Å². The molecular formula is C20H18N2O4S. The Hall–Kier alpha value is -3.29. The van der Waals surface area contributed by atoms with Crippen LogP contribution >= 0.6 is 0 Å². The number of phenolic OH excluding ortho intramolecular Hbond substituents is 1. The second kappa shape index (κ2) is 7.14.